The minimum Gasteiger partial charge on any atom is -0.457 e. The van der Waals surface area contributed by atoms with Gasteiger partial charge in [-0.2, -0.15) is 17.2 Å². The summed E-state index contributed by atoms with van der Waals surface area (Å²) in [5.41, 5.74) is -0.640. The van der Waals surface area contributed by atoms with Gasteiger partial charge in [0.25, 0.3) is 0 Å². The van der Waals surface area contributed by atoms with Gasteiger partial charge in [0.15, 0.2) is 6.10 Å². The smallest absolute Gasteiger partial charge is 0.405 e. The third-order valence-corrected chi connectivity index (χ3v) is 9.12. The molecule has 4 fully saturated rings. The molecule has 7 unspecified atom stereocenters. The van der Waals surface area contributed by atoms with Crippen LogP contribution < -0.4 is 0 Å². The van der Waals surface area contributed by atoms with E-state index in [1.165, 1.54) is 19.3 Å². The van der Waals surface area contributed by atoms with Crippen LogP contribution in [0.1, 0.15) is 65.2 Å². The number of hydrogen-bond donors (Lipinski definition) is 1. The number of carbonyl (C=O) groups is 4. The highest BCUT2D eigenvalue weighted by atomic mass is 32.2. The molecule has 37 heavy (non-hydrogen) atoms. The molecule has 0 amide bonds. The van der Waals surface area contributed by atoms with Gasteiger partial charge in [-0.1, -0.05) is 0 Å². The summed E-state index contributed by atoms with van der Waals surface area (Å²) in [4.78, 5) is 48.6. The number of carbonyl (C=O) groups excluding carboxylic acids is 4. The van der Waals surface area contributed by atoms with E-state index in [2.05, 4.69) is 4.74 Å². The van der Waals surface area contributed by atoms with E-state index in [0.29, 0.717) is 30.6 Å². The van der Waals surface area contributed by atoms with Crippen molar-refractivity contribution in [2.24, 2.45) is 23.7 Å². The molecule has 3 saturated carbocycles. The molecule has 208 valence electrons. The third-order valence-electron chi connectivity index (χ3n) is 8.10. The van der Waals surface area contributed by atoms with Crippen molar-refractivity contribution in [2.75, 3.05) is 0 Å². The lowest BCUT2D eigenvalue weighted by atomic mass is 9.82. The minimum atomic E-state index is -5.82. The Morgan fingerprint density at radius 1 is 1.11 bits per heavy atom. The standard InChI is InChI=1S/C23H30F2O11S/c1-11(23(24,25)37(30,31)32)33-18(26)5-6-19(27)34-16-8-17(35-20(16)28)21(29)36-22(2)9-14-12-3-4-13(7-12)15(14)10-22/h11-17H,3-10H2,1-2H3,(H,30,31,32). The van der Waals surface area contributed by atoms with Gasteiger partial charge >= 0.3 is 39.2 Å². The lowest BCUT2D eigenvalue weighted by Crippen LogP contribution is -2.42. The minimum absolute atomic E-state index is 0.264. The van der Waals surface area contributed by atoms with Crippen molar-refractivity contribution < 1.29 is 59.9 Å². The van der Waals surface area contributed by atoms with Crippen molar-refractivity contribution in [3.05, 3.63) is 0 Å². The summed E-state index contributed by atoms with van der Waals surface area (Å²) in [5.74, 6) is -1.62. The fourth-order valence-corrected chi connectivity index (χ4v) is 6.86. The molecular weight excluding hydrogens is 522 g/mol. The van der Waals surface area contributed by atoms with Crippen molar-refractivity contribution in [3.63, 3.8) is 0 Å². The van der Waals surface area contributed by atoms with Gasteiger partial charge in [0.2, 0.25) is 12.2 Å². The fourth-order valence-electron chi connectivity index (χ4n) is 6.39. The summed E-state index contributed by atoms with van der Waals surface area (Å²) in [6, 6.07) is 0. The van der Waals surface area contributed by atoms with Crippen LogP contribution in [-0.2, 0) is 48.2 Å². The Bertz CT molecular complexity index is 1060. The first-order valence-corrected chi connectivity index (χ1v) is 13.7. The SMILES string of the molecule is CC(OC(=O)CCC(=O)OC1CC(C(=O)OC2(C)CC3C4CCC(C4)C3C2)OC1=O)C(F)(F)S(=O)(=O)O. The maximum atomic E-state index is 13.5. The van der Waals surface area contributed by atoms with Crippen LogP contribution in [0.4, 0.5) is 8.78 Å². The van der Waals surface area contributed by atoms with Crippen LogP contribution in [0.2, 0.25) is 0 Å². The molecule has 0 aromatic carbocycles. The van der Waals surface area contributed by atoms with Crippen molar-refractivity contribution >= 4 is 34.0 Å². The van der Waals surface area contributed by atoms with Crippen LogP contribution in [0.3, 0.4) is 0 Å². The average molecular weight is 553 g/mol. The second-order valence-corrected chi connectivity index (χ2v) is 12.2. The zero-order valence-electron chi connectivity index (χ0n) is 20.4. The van der Waals surface area contributed by atoms with Crippen molar-refractivity contribution in [1.29, 1.82) is 0 Å². The van der Waals surface area contributed by atoms with Crippen molar-refractivity contribution in [3.8, 4) is 0 Å². The molecule has 2 bridgehead atoms. The summed E-state index contributed by atoms with van der Waals surface area (Å²) in [6.07, 6.45) is -1.63. The topological polar surface area (TPSA) is 160 Å². The second-order valence-electron chi connectivity index (χ2n) is 10.7. The summed E-state index contributed by atoms with van der Waals surface area (Å²) in [5, 5.41) is -4.74. The summed E-state index contributed by atoms with van der Waals surface area (Å²) >= 11 is 0. The van der Waals surface area contributed by atoms with Crippen molar-refractivity contribution in [1.82, 2.24) is 0 Å². The third kappa shape index (κ3) is 5.59. The largest absolute Gasteiger partial charge is 0.457 e. The fraction of sp³-hybridized carbons (Fsp3) is 0.826. The normalized spacial score (nSPS) is 35.5. The Balaban J connectivity index is 1.21. The van der Waals surface area contributed by atoms with Crippen LogP contribution in [0, 0.1) is 23.7 Å². The maximum Gasteiger partial charge on any atom is 0.405 e. The first-order valence-electron chi connectivity index (χ1n) is 12.3. The molecule has 1 aliphatic heterocycles. The van der Waals surface area contributed by atoms with Gasteiger partial charge in [-0.05, 0) is 69.6 Å². The Morgan fingerprint density at radius 2 is 1.68 bits per heavy atom. The van der Waals surface area contributed by atoms with Crippen LogP contribution in [0.5, 0.6) is 0 Å². The lowest BCUT2D eigenvalue weighted by Gasteiger charge is -2.27. The number of halogens is 2. The van der Waals surface area contributed by atoms with E-state index in [1.807, 2.05) is 6.92 Å². The molecule has 4 rings (SSSR count). The zero-order chi connectivity index (χ0) is 27.3. The molecule has 0 aromatic rings. The average Bonchev–Trinajstić information content (AvgIpc) is 3.53. The summed E-state index contributed by atoms with van der Waals surface area (Å²) in [6.45, 7) is 2.45. The van der Waals surface area contributed by atoms with Gasteiger partial charge in [0, 0.05) is 6.42 Å². The van der Waals surface area contributed by atoms with Gasteiger partial charge in [0.05, 0.1) is 12.8 Å². The van der Waals surface area contributed by atoms with E-state index < -0.39 is 76.0 Å². The van der Waals surface area contributed by atoms with Crippen LogP contribution >= 0.6 is 0 Å². The van der Waals surface area contributed by atoms with E-state index in [4.69, 9.17) is 18.8 Å². The maximum absolute atomic E-state index is 13.5. The number of ether oxygens (including phenoxy) is 4. The molecule has 3 aliphatic carbocycles. The van der Waals surface area contributed by atoms with Gasteiger partial charge in [0.1, 0.15) is 5.60 Å². The molecule has 0 spiro atoms. The Morgan fingerprint density at radius 3 is 2.24 bits per heavy atom. The van der Waals surface area contributed by atoms with Gasteiger partial charge in [-0.3, -0.25) is 14.1 Å². The predicted molar refractivity (Wildman–Crippen MR) is 117 cm³/mol. The van der Waals surface area contributed by atoms with Gasteiger partial charge < -0.3 is 18.9 Å². The predicted octanol–water partition coefficient (Wildman–Crippen LogP) is 2.16. The molecule has 1 saturated heterocycles. The van der Waals surface area contributed by atoms with E-state index >= 15 is 0 Å². The molecule has 0 aromatic heterocycles. The molecule has 14 heteroatoms. The second kappa shape index (κ2) is 9.75. The van der Waals surface area contributed by atoms with Crippen molar-refractivity contribution in [2.45, 2.75) is 94.4 Å². The number of alkyl halides is 2. The summed E-state index contributed by atoms with van der Waals surface area (Å²) in [7, 11) is -5.82. The molecule has 1 N–H and O–H groups in total. The zero-order valence-corrected chi connectivity index (χ0v) is 21.2. The number of fused-ring (bicyclic) bond motifs is 5. The quantitative estimate of drug-likeness (QED) is 0.254. The van der Waals surface area contributed by atoms with Gasteiger partial charge in [-0.25, -0.2) is 9.59 Å². The van der Waals surface area contributed by atoms with E-state index in [9.17, 15) is 36.4 Å². The highest BCUT2D eigenvalue weighted by Crippen LogP contribution is 2.61. The first-order chi connectivity index (χ1) is 17.1. The van der Waals surface area contributed by atoms with Crippen LogP contribution in [0.15, 0.2) is 0 Å². The first kappa shape index (κ1) is 27.7. The summed E-state index contributed by atoms with van der Waals surface area (Å²) < 4.78 is 76.8. The number of cyclic esters (lactones) is 1. The Labute approximate surface area is 212 Å². The Hall–Kier alpha value is -2.35. The molecule has 0 radical (unpaired) electrons. The number of rotatable bonds is 9. The Kier molecular flexibility index (Phi) is 7.30. The lowest BCUT2D eigenvalue weighted by molar-refractivity contribution is -0.174. The van der Waals surface area contributed by atoms with Crippen LogP contribution in [0.25, 0.3) is 0 Å². The van der Waals surface area contributed by atoms with E-state index in [-0.39, 0.29) is 6.42 Å². The van der Waals surface area contributed by atoms with E-state index in [1.54, 1.807) is 0 Å². The van der Waals surface area contributed by atoms with Gasteiger partial charge in [-0.15, -0.1) is 0 Å². The number of esters is 4. The highest BCUT2D eigenvalue weighted by Gasteiger charge is 2.57. The number of hydrogen-bond acceptors (Lipinski definition) is 10. The molecule has 11 nitrogen and oxygen atoms in total. The highest BCUT2D eigenvalue weighted by molar-refractivity contribution is 7.86. The van der Waals surface area contributed by atoms with Crippen LogP contribution in [-0.4, -0.2) is 66.0 Å². The molecule has 1 heterocycles. The molecular formula is C23H30F2O11S. The monoisotopic (exact) mass is 552 g/mol. The van der Waals surface area contributed by atoms with E-state index in [0.717, 1.165) is 12.8 Å². The molecule has 4 aliphatic rings. The molecule has 7 atom stereocenters.